The predicted octanol–water partition coefficient (Wildman–Crippen LogP) is 4.29. The maximum Gasteiger partial charge on any atom is 0.253 e. The Morgan fingerprint density at radius 3 is 2.35 bits per heavy atom. The molecule has 0 aliphatic heterocycles. The topological polar surface area (TPSA) is 58.6 Å². The van der Waals surface area contributed by atoms with Crippen molar-refractivity contribution in [2.24, 2.45) is 0 Å². The molecule has 2 aromatic rings. The van der Waals surface area contributed by atoms with Crippen LogP contribution in [0.1, 0.15) is 67.9 Å². The Labute approximate surface area is 156 Å². The summed E-state index contributed by atoms with van der Waals surface area (Å²) in [4.78, 5) is 11.8. The van der Waals surface area contributed by atoms with Crippen LogP contribution in [0.25, 0.3) is 0 Å². The fourth-order valence-corrected chi connectivity index (χ4v) is 2.88. The smallest absolute Gasteiger partial charge is 0.253 e. The van der Waals surface area contributed by atoms with Gasteiger partial charge in [-0.1, -0.05) is 64.1 Å². The number of amides is 1. The standard InChI is InChI=1S/C22H29NO3/c1-14(2)16-10-11-18(15(3)4)20(12-16)26-13-17-8-6-7-9-19(17)21(24)22(25)23-5/h6-12,14-15,21,24H,13H2,1-5H3,(H,23,25). The maximum atomic E-state index is 11.8. The molecule has 0 fully saturated rings. The molecule has 140 valence electrons. The number of aliphatic hydroxyl groups excluding tert-OH is 1. The molecule has 4 nitrogen and oxygen atoms in total. The largest absolute Gasteiger partial charge is 0.489 e. The first-order chi connectivity index (χ1) is 12.3. The lowest BCUT2D eigenvalue weighted by molar-refractivity contribution is -0.129. The molecule has 2 N–H and O–H groups in total. The van der Waals surface area contributed by atoms with E-state index >= 15 is 0 Å². The van der Waals surface area contributed by atoms with Gasteiger partial charge in [0.15, 0.2) is 6.10 Å². The van der Waals surface area contributed by atoms with Gasteiger partial charge in [0.05, 0.1) is 0 Å². The average molecular weight is 355 g/mol. The van der Waals surface area contributed by atoms with Crippen molar-refractivity contribution < 1.29 is 14.6 Å². The van der Waals surface area contributed by atoms with Crippen LogP contribution in [0.2, 0.25) is 0 Å². The lowest BCUT2D eigenvalue weighted by Crippen LogP contribution is -2.26. The quantitative estimate of drug-likeness (QED) is 0.779. The minimum Gasteiger partial charge on any atom is -0.489 e. The third-order valence-electron chi connectivity index (χ3n) is 4.55. The molecule has 2 rings (SSSR count). The van der Waals surface area contributed by atoms with Gasteiger partial charge >= 0.3 is 0 Å². The van der Waals surface area contributed by atoms with Crippen LogP contribution in [0.4, 0.5) is 0 Å². The van der Waals surface area contributed by atoms with E-state index < -0.39 is 12.0 Å². The zero-order valence-corrected chi connectivity index (χ0v) is 16.2. The van der Waals surface area contributed by atoms with Gasteiger partial charge in [-0.05, 0) is 40.2 Å². The van der Waals surface area contributed by atoms with Crippen molar-refractivity contribution in [3.63, 3.8) is 0 Å². The van der Waals surface area contributed by atoms with E-state index in [0.29, 0.717) is 24.0 Å². The van der Waals surface area contributed by atoms with Crippen LogP contribution in [0.15, 0.2) is 42.5 Å². The highest BCUT2D eigenvalue weighted by Crippen LogP contribution is 2.31. The Morgan fingerprint density at radius 1 is 1.04 bits per heavy atom. The zero-order valence-electron chi connectivity index (χ0n) is 16.2. The number of hydrogen-bond acceptors (Lipinski definition) is 3. The second-order valence-electron chi connectivity index (χ2n) is 7.11. The van der Waals surface area contributed by atoms with Crippen LogP contribution in [-0.4, -0.2) is 18.1 Å². The Morgan fingerprint density at radius 2 is 1.73 bits per heavy atom. The summed E-state index contributed by atoms with van der Waals surface area (Å²) in [7, 11) is 1.51. The monoisotopic (exact) mass is 355 g/mol. The van der Waals surface area contributed by atoms with Crippen molar-refractivity contribution in [2.75, 3.05) is 7.05 Å². The van der Waals surface area contributed by atoms with Gasteiger partial charge in [0.2, 0.25) is 0 Å². The Kier molecular flexibility index (Phi) is 6.81. The molecule has 2 aromatic carbocycles. The number of benzene rings is 2. The third kappa shape index (κ3) is 4.64. The van der Waals surface area contributed by atoms with Crippen molar-refractivity contribution in [1.29, 1.82) is 0 Å². The molecule has 0 saturated heterocycles. The van der Waals surface area contributed by atoms with Crippen LogP contribution in [0.3, 0.4) is 0 Å². The first-order valence-electron chi connectivity index (χ1n) is 9.09. The summed E-state index contributed by atoms with van der Waals surface area (Å²) in [5, 5.41) is 12.7. The number of nitrogens with one attached hydrogen (secondary N) is 1. The van der Waals surface area contributed by atoms with E-state index in [2.05, 4.69) is 51.2 Å². The van der Waals surface area contributed by atoms with E-state index in [4.69, 9.17) is 4.74 Å². The van der Waals surface area contributed by atoms with Crippen molar-refractivity contribution in [1.82, 2.24) is 5.32 Å². The summed E-state index contributed by atoms with van der Waals surface area (Å²) in [6.07, 6.45) is -1.20. The Balaban J connectivity index is 2.29. The first kappa shape index (κ1) is 20.0. The highest BCUT2D eigenvalue weighted by molar-refractivity contribution is 5.82. The van der Waals surface area contributed by atoms with Crippen LogP contribution < -0.4 is 10.1 Å². The maximum absolute atomic E-state index is 11.8. The molecule has 4 heteroatoms. The number of rotatable bonds is 7. The van der Waals surface area contributed by atoms with Gasteiger partial charge in [0.1, 0.15) is 12.4 Å². The van der Waals surface area contributed by atoms with Gasteiger partial charge in [0, 0.05) is 7.05 Å². The van der Waals surface area contributed by atoms with Crippen LogP contribution in [0, 0.1) is 0 Å². The van der Waals surface area contributed by atoms with Crippen molar-refractivity contribution in [3.8, 4) is 5.75 Å². The van der Waals surface area contributed by atoms with Crippen LogP contribution >= 0.6 is 0 Å². The summed E-state index contributed by atoms with van der Waals surface area (Å²) in [6, 6.07) is 13.7. The minimum absolute atomic E-state index is 0.297. The zero-order chi connectivity index (χ0) is 19.3. The lowest BCUT2D eigenvalue weighted by atomic mass is 9.96. The second-order valence-corrected chi connectivity index (χ2v) is 7.11. The van der Waals surface area contributed by atoms with E-state index in [1.807, 2.05) is 18.2 Å². The molecule has 0 aliphatic rings. The van der Waals surface area contributed by atoms with E-state index in [0.717, 1.165) is 16.9 Å². The summed E-state index contributed by atoms with van der Waals surface area (Å²) in [6.45, 7) is 8.89. The van der Waals surface area contributed by atoms with Gasteiger partial charge in [-0.2, -0.15) is 0 Å². The van der Waals surface area contributed by atoms with Gasteiger partial charge < -0.3 is 15.2 Å². The number of aliphatic hydroxyl groups is 1. The molecule has 0 bridgehead atoms. The van der Waals surface area contributed by atoms with Crippen LogP contribution in [-0.2, 0) is 11.4 Å². The Hall–Kier alpha value is -2.33. The lowest BCUT2D eigenvalue weighted by Gasteiger charge is -2.19. The number of likely N-dealkylation sites (N-methyl/N-ethyl adjacent to an activating group) is 1. The molecule has 0 saturated carbocycles. The van der Waals surface area contributed by atoms with E-state index in [1.165, 1.54) is 12.6 Å². The molecule has 0 aromatic heterocycles. The number of hydrogen-bond donors (Lipinski definition) is 2. The fraction of sp³-hybridized carbons (Fsp3) is 0.409. The fourth-order valence-electron chi connectivity index (χ4n) is 2.88. The number of carbonyl (C=O) groups is 1. The van der Waals surface area contributed by atoms with Gasteiger partial charge in [-0.3, -0.25) is 4.79 Å². The SMILES string of the molecule is CNC(=O)C(O)c1ccccc1COc1cc(C(C)C)ccc1C(C)C. The highest BCUT2D eigenvalue weighted by Gasteiger charge is 2.19. The molecule has 1 atom stereocenters. The van der Waals surface area contributed by atoms with Crippen molar-refractivity contribution >= 4 is 5.91 Å². The molecule has 0 spiro atoms. The van der Waals surface area contributed by atoms with E-state index in [1.54, 1.807) is 6.07 Å². The molecule has 1 unspecified atom stereocenters. The molecule has 0 radical (unpaired) electrons. The normalized spacial score (nSPS) is 12.3. The van der Waals surface area contributed by atoms with Gasteiger partial charge in [0.25, 0.3) is 5.91 Å². The van der Waals surface area contributed by atoms with Gasteiger partial charge in [-0.15, -0.1) is 0 Å². The van der Waals surface area contributed by atoms with Crippen molar-refractivity contribution in [2.45, 2.75) is 52.2 Å². The molecular formula is C22H29NO3. The van der Waals surface area contributed by atoms with Gasteiger partial charge in [-0.25, -0.2) is 0 Å². The highest BCUT2D eigenvalue weighted by atomic mass is 16.5. The molecule has 0 heterocycles. The third-order valence-corrected chi connectivity index (χ3v) is 4.55. The molecule has 0 aliphatic carbocycles. The summed E-state index contributed by atoms with van der Waals surface area (Å²) < 4.78 is 6.14. The number of carbonyl (C=O) groups excluding carboxylic acids is 1. The molecular weight excluding hydrogens is 326 g/mol. The van der Waals surface area contributed by atoms with E-state index in [9.17, 15) is 9.90 Å². The Bertz CT molecular complexity index is 753. The van der Waals surface area contributed by atoms with Crippen molar-refractivity contribution in [3.05, 3.63) is 64.7 Å². The molecule has 1 amide bonds. The first-order valence-corrected chi connectivity index (χ1v) is 9.09. The molecule has 26 heavy (non-hydrogen) atoms. The average Bonchev–Trinajstić information content (AvgIpc) is 2.64. The summed E-state index contributed by atoms with van der Waals surface area (Å²) in [5.74, 6) is 1.19. The summed E-state index contributed by atoms with van der Waals surface area (Å²) >= 11 is 0. The van der Waals surface area contributed by atoms with E-state index in [-0.39, 0.29) is 0 Å². The summed E-state index contributed by atoms with van der Waals surface area (Å²) in [5.41, 5.74) is 3.74. The minimum atomic E-state index is -1.20. The second kappa shape index (κ2) is 8.86. The predicted molar refractivity (Wildman–Crippen MR) is 104 cm³/mol. The van der Waals surface area contributed by atoms with Crippen LogP contribution in [0.5, 0.6) is 5.75 Å². The number of ether oxygens (including phenoxy) is 1.